The van der Waals surface area contributed by atoms with E-state index in [0.717, 1.165) is 0 Å². The van der Waals surface area contributed by atoms with Crippen LogP contribution in [0.2, 0.25) is 0 Å². The molecular formula is C48H59F4N5O10S. The number of hydrogen-bond acceptors (Lipinski definition) is 11. The molecule has 3 N–H and O–H groups in total. The molecule has 2 aliphatic carbocycles. The van der Waals surface area contributed by atoms with Gasteiger partial charge in [0, 0.05) is 35.4 Å². The third-order valence-electron chi connectivity index (χ3n) is 13.4. The average Bonchev–Trinajstić information content (AvgIpc) is 4.17. The predicted molar refractivity (Wildman–Crippen MR) is 243 cm³/mol. The summed E-state index contributed by atoms with van der Waals surface area (Å²) in [6.45, 7) is 7.29. The van der Waals surface area contributed by atoms with Gasteiger partial charge in [-0.3, -0.25) is 19.1 Å². The van der Waals surface area contributed by atoms with Gasteiger partial charge in [-0.1, -0.05) is 26.0 Å². The lowest BCUT2D eigenvalue weighted by atomic mass is 9.88. The molecule has 4 aliphatic rings. The number of hydrogen-bond donors (Lipinski definition) is 3. The number of rotatable bonds is 12. The van der Waals surface area contributed by atoms with Gasteiger partial charge in [-0.15, -0.1) is 0 Å². The van der Waals surface area contributed by atoms with E-state index in [2.05, 4.69) is 10.6 Å². The molecule has 20 heteroatoms. The summed E-state index contributed by atoms with van der Waals surface area (Å²) in [5.74, 6) is -2.71. The maximum Gasteiger partial charge on any atom is 0.427 e. The SMILES string of the molecule is COc1ccc2c(O[C@@H]3C[C@H]4C(=O)N[C@]5(C(=O)NS(=O)(=O)C6(CF)CC6)C[C@H]5C=CCC[C@@H](C)C[C@@H](C)[C@H](NC(=O)OC(C)(C)C(F)(F)F)C(=O)N4C3)cc(-c3ccc(OC(C)C)cc3)nc2c1. The Kier molecular flexibility index (Phi) is 14.1. The maximum atomic E-state index is 15.0. The van der Waals surface area contributed by atoms with Crippen molar-refractivity contribution < 1.29 is 64.1 Å². The number of alkyl carbamates (subject to hydrolysis) is 1. The third kappa shape index (κ3) is 10.5. The number of amides is 4. The summed E-state index contributed by atoms with van der Waals surface area (Å²) in [5.41, 5.74) is -3.02. The van der Waals surface area contributed by atoms with Crippen LogP contribution in [0.3, 0.4) is 0 Å². The van der Waals surface area contributed by atoms with Crippen LogP contribution in [-0.2, 0) is 29.1 Å². The molecule has 68 heavy (non-hydrogen) atoms. The van der Waals surface area contributed by atoms with Crippen molar-refractivity contribution in [1.29, 1.82) is 0 Å². The van der Waals surface area contributed by atoms with Crippen LogP contribution in [0, 0.1) is 17.8 Å². The Morgan fingerprint density at radius 1 is 1.01 bits per heavy atom. The molecule has 3 aromatic rings. The zero-order valence-electron chi connectivity index (χ0n) is 39.1. The molecule has 0 unspecified atom stereocenters. The number of methoxy groups -OCH3 is 1. The number of allylic oxidation sites excluding steroid dienone is 1. The number of carbonyl (C=O) groups is 4. The van der Waals surface area contributed by atoms with Crippen LogP contribution in [-0.4, -0.2) is 109 Å². The number of aromatic nitrogens is 1. The molecule has 2 aromatic carbocycles. The number of nitrogens with zero attached hydrogens (tertiary/aromatic N) is 2. The van der Waals surface area contributed by atoms with Crippen LogP contribution in [0.15, 0.2) is 60.7 Å². The highest BCUT2D eigenvalue weighted by Gasteiger charge is 2.64. The summed E-state index contributed by atoms with van der Waals surface area (Å²) < 4.78 is 105. The van der Waals surface area contributed by atoms with Gasteiger partial charge in [0.05, 0.1) is 31.0 Å². The van der Waals surface area contributed by atoms with Crippen LogP contribution in [0.25, 0.3) is 22.2 Å². The predicted octanol–water partition coefficient (Wildman–Crippen LogP) is 7.32. The van der Waals surface area contributed by atoms with Crippen LogP contribution < -0.4 is 29.6 Å². The Bertz CT molecular complexity index is 2550. The lowest BCUT2D eigenvalue weighted by Crippen LogP contribution is -2.60. The van der Waals surface area contributed by atoms with Crippen molar-refractivity contribution in [3.05, 3.63) is 60.7 Å². The lowest BCUT2D eigenvalue weighted by Gasteiger charge is -2.34. The molecule has 7 atom stereocenters. The van der Waals surface area contributed by atoms with Crippen molar-refractivity contribution in [2.75, 3.05) is 20.3 Å². The van der Waals surface area contributed by atoms with Gasteiger partial charge in [-0.2, -0.15) is 13.2 Å². The van der Waals surface area contributed by atoms with E-state index in [4.69, 9.17) is 23.9 Å². The van der Waals surface area contributed by atoms with Gasteiger partial charge < -0.3 is 34.5 Å². The second kappa shape index (κ2) is 19.0. The first-order valence-corrected chi connectivity index (χ1v) is 24.3. The number of carbonyl (C=O) groups excluding carboxylic acids is 4. The zero-order valence-corrected chi connectivity index (χ0v) is 39.9. The Balaban J connectivity index is 1.26. The number of halogens is 4. The molecule has 370 valence electrons. The molecule has 0 bridgehead atoms. The van der Waals surface area contributed by atoms with Crippen molar-refractivity contribution in [3.63, 3.8) is 0 Å². The van der Waals surface area contributed by atoms with Crippen molar-refractivity contribution in [2.45, 2.75) is 133 Å². The summed E-state index contributed by atoms with van der Waals surface area (Å²) >= 11 is 0. The Morgan fingerprint density at radius 2 is 1.71 bits per heavy atom. The molecular weight excluding hydrogens is 915 g/mol. The second-order valence-corrected chi connectivity index (χ2v) is 21.5. The maximum absolute atomic E-state index is 15.0. The molecule has 2 saturated carbocycles. The minimum atomic E-state index is -4.95. The van der Waals surface area contributed by atoms with Gasteiger partial charge in [-0.25, -0.2) is 22.6 Å². The summed E-state index contributed by atoms with van der Waals surface area (Å²) in [7, 11) is -2.98. The molecule has 1 aromatic heterocycles. The van der Waals surface area contributed by atoms with E-state index in [1.54, 1.807) is 49.4 Å². The molecule has 15 nitrogen and oxygen atoms in total. The second-order valence-electron chi connectivity index (χ2n) is 19.4. The number of alkyl halides is 4. The molecule has 3 heterocycles. The Labute approximate surface area is 393 Å². The molecule has 0 radical (unpaired) electrons. The summed E-state index contributed by atoms with van der Waals surface area (Å²) in [5, 5.41) is 5.70. The van der Waals surface area contributed by atoms with Crippen LogP contribution in [0.5, 0.6) is 17.2 Å². The fraction of sp³-hybridized carbons (Fsp3) is 0.562. The van der Waals surface area contributed by atoms with Crippen molar-refractivity contribution in [2.24, 2.45) is 17.8 Å². The number of fused-ring (bicyclic) bond motifs is 3. The van der Waals surface area contributed by atoms with E-state index >= 15 is 4.79 Å². The lowest BCUT2D eigenvalue weighted by molar-refractivity contribution is -0.244. The first-order valence-electron chi connectivity index (χ1n) is 22.8. The standard InChI is InChI=1S/C48H59F4N5O10S/c1-27(2)65-32-14-12-30(13-15-32)36-23-39(35-17-16-33(64-7)21-37(35)53-36)66-34-22-38-41(58)55-47(43(60)56-68(62,63)46(26-49)18-19-46)24-31(47)11-9-8-10-28(3)20-29(4)40(42(59)57(38)25-34)54-44(61)67-45(5,6)48(50,51)52/h9,11-17,21,23,27-29,31,34,38,40H,8,10,18-20,22,24-26H2,1-7H3,(H,54,61)(H,55,58)(H,56,60)/t28-,29-,31-,34-,38+,40+,47-/m1/s1. The highest BCUT2D eigenvalue weighted by atomic mass is 32.2. The van der Waals surface area contributed by atoms with E-state index in [1.807, 2.05) is 43.7 Å². The third-order valence-corrected chi connectivity index (χ3v) is 15.5. The van der Waals surface area contributed by atoms with Gasteiger partial charge in [0.1, 0.15) is 52.4 Å². The fourth-order valence-corrected chi connectivity index (χ4v) is 10.3. The van der Waals surface area contributed by atoms with E-state index in [1.165, 1.54) is 12.0 Å². The Hall–Kier alpha value is -5.66. The van der Waals surface area contributed by atoms with Crippen LogP contribution in [0.1, 0.15) is 86.5 Å². The molecule has 4 amide bonds. The normalized spacial score (nSPS) is 26.4. The van der Waals surface area contributed by atoms with Crippen molar-refractivity contribution in [3.8, 4) is 28.5 Å². The van der Waals surface area contributed by atoms with Gasteiger partial charge in [-0.05, 0) is 114 Å². The molecule has 3 fully saturated rings. The molecule has 7 rings (SSSR count). The number of pyridine rings is 1. The smallest absolute Gasteiger partial charge is 0.427 e. The van der Waals surface area contributed by atoms with E-state index < -0.39 is 92.6 Å². The summed E-state index contributed by atoms with van der Waals surface area (Å²) in [6, 6.07) is 11.3. The topological polar surface area (TPSA) is 192 Å². The first kappa shape index (κ1) is 50.2. The number of ether oxygens (including phenoxy) is 4. The minimum Gasteiger partial charge on any atom is -0.497 e. The largest absolute Gasteiger partial charge is 0.497 e. The van der Waals surface area contributed by atoms with Gasteiger partial charge in [0.25, 0.3) is 5.91 Å². The van der Waals surface area contributed by atoms with Gasteiger partial charge in [0.2, 0.25) is 27.4 Å². The average molecular weight is 974 g/mol. The zero-order chi connectivity index (χ0) is 49.6. The molecule has 2 aliphatic heterocycles. The fourth-order valence-electron chi connectivity index (χ4n) is 8.90. The first-order chi connectivity index (χ1) is 31.9. The number of sulfonamides is 1. The van der Waals surface area contributed by atoms with E-state index in [-0.39, 0.29) is 44.2 Å². The van der Waals surface area contributed by atoms with Crippen molar-refractivity contribution in [1.82, 2.24) is 25.2 Å². The highest BCUT2D eigenvalue weighted by molar-refractivity contribution is 7.91. The van der Waals surface area contributed by atoms with Gasteiger partial charge in [0.15, 0.2) is 0 Å². The highest BCUT2D eigenvalue weighted by Crippen LogP contribution is 2.48. The van der Waals surface area contributed by atoms with Crippen LogP contribution in [0.4, 0.5) is 22.4 Å². The molecule has 1 saturated heterocycles. The molecule has 0 spiro atoms. The minimum absolute atomic E-state index is 0.00275. The van der Waals surface area contributed by atoms with E-state index in [0.29, 0.717) is 72.5 Å². The number of benzene rings is 2. The van der Waals surface area contributed by atoms with Crippen LogP contribution >= 0.6 is 0 Å². The monoisotopic (exact) mass is 973 g/mol. The van der Waals surface area contributed by atoms with Gasteiger partial charge >= 0.3 is 12.3 Å². The Morgan fingerprint density at radius 3 is 2.34 bits per heavy atom. The van der Waals surface area contributed by atoms with E-state index in [9.17, 15) is 40.4 Å². The summed E-state index contributed by atoms with van der Waals surface area (Å²) in [6.07, 6.45) is -2.71. The van der Waals surface area contributed by atoms with Crippen molar-refractivity contribution >= 4 is 44.7 Å². The quantitative estimate of drug-likeness (QED) is 0.122. The summed E-state index contributed by atoms with van der Waals surface area (Å²) in [4.78, 5) is 63.3. The number of nitrogens with one attached hydrogen (secondary N) is 3.